The van der Waals surface area contributed by atoms with Gasteiger partial charge in [-0.1, -0.05) is 6.92 Å². The molecular weight excluding hydrogens is 294 g/mol. The van der Waals surface area contributed by atoms with E-state index >= 15 is 0 Å². The molecule has 2 rings (SSSR count). The van der Waals surface area contributed by atoms with Gasteiger partial charge in [0, 0.05) is 18.2 Å². The van der Waals surface area contributed by atoms with Crippen molar-refractivity contribution in [2.24, 2.45) is 5.92 Å². The Hall–Kier alpha value is -1.51. The highest BCUT2D eigenvalue weighted by molar-refractivity contribution is 7.89. The molecule has 1 aliphatic rings. The lowest BCUT2D eigenvalue weighted by Gasteiger charge is -2.30. The molecule has 0 bridgehead atoms. The van der Waals surface area contributed by atoms with E-state index in [2.05, 4.69) is 10.0 Å². The molecule has 2 atom stereocenters. The molecule has 0 saturated carbocycles. The van der Waals surface area contributed by atoms with Gasteiger partial charge in [-0.3, -0.25) is 10.1 Å². The maximum Gasteiger partial charge on any atom is 0.269 e. The summed E-state index contributed by atoms with van der Waals surface area (Å²) in [4.78, 5) is 10.3. The summed E-state index contributed by atoms with van der Waals surface area (Å²) in [5.41, 5.74) is 0.264. The third-order valence-corrected chi connectivity index (χ3v) is 5.40. The summed E-state index contributed by atoms with van der Waals surface area (Å²) in [5.74, 6) is 0.201. The first kappa shape index (κ1) is 15.9. The molecule has 1 saturated heterocycles. The summed E-state index contributed by atoms with van der Waals surface area (Å²) in [6.45, 7) is 5.10. The SMILES string of the molecule is Cc1cc([N+](=O)[O-])ccc1S(=O)(=O)NC1CCNCC1C. The molecule has 0 radical (unpaired) electrons. The van der Waals surface area contributed by atoms with Crippen LogP contribution in [0, 0.1) is 23.0 Å². The van der Waals surface area contributed by atoms with E-state index in [1.807, 2.05) is 6.92 Å². The Morgan fingerprint density at radius 3 is 2.71 bits per heavy atom. The van der Waals surface area contributed by atoms with Gasteiger partial charge in [0.25, 0.3) is 5.69 Å². The van der Waals surface area contributed by atoms with Crippen LogP contribution >= 0.6 is 0 Å². The van der Waals surface area contributed by atoms with Gasteiger partial charge in [0.1, 0.15) is 0 Å². The average Bonchev–Trinajstić information content (AvgIpc) is 2.40. The molecule has 2 unspecified atom stereocenters. The molecule has 0 spiro atoms. The van der Waals surface area contributed by atoms with Crippen LogP contribution in [0.25, 0.3) is 0 Å². The number of nitrogens with one attached hydrogen (secondary N) is 2. The van der Waals surface area contributed by atoms with Gasteiger partial charge in [-0.05, 0) is 44.0 Å². The van der Waals surface area contributed by atoms with Crippen molar-refractivity contribution < 1.29 is 13.3 Å². The zero-order chi connectivity index (χ0) is 15.6. The lowest BCUT2D eigenvalue weighted by Crippen LogP contribution is -2.48. The summed E-state index contributed by atoms with van der Waals surface area (Å²) >= 11 is 0. The minimum Gasteiger partial charge on any atom is -0.316 e. The number of piperidine rings is 1. The van der Waals surface area contributed by atoms with Crippen LogP contribution in [0.2, 0.25) is 0 Å². The van der Waals surface area contributed by atoms with E-state index in [1.54, 1.807) is 6.92 Å². The van der Waals surface area contributed by atoms with Crippen LogP contribution < -0.4 is 10.0 Å². The van der Waals surface area contributed by atoms with E-state index in [-0.39, 0.29) is 22.5 Å². The largest absolute Gasteiger partial charge is 0.316 e. The van der Waals surface area contributed by atoms with Gasteiger partial charge in [-0.25, -0.2) is 13.1 Å². The summed E-state index contributed by atoms with van der Waals surface area (Å²) in [6.07, 6.45) is 0.729. The molecule has 116 valence electrons. The van der Waals surface area contributed by atoms with Gasteiger partial charge >= 0.3 is 0 Å². The van der Waals surface area contributed by atoms with Gasteiger partial charge < -0.3 is 5.32 Å². The van der Waals surface area contributed by atoms with Gasteiger partial charge in [-0.2, -0.15) is 0 Å². The number of rotatable bonds is 4. The number of hydrogen-bond donors (Lipinski definition) is 2. The number of nitro benzene ring substituents is 1. The topological polar surface area (TPSA) is 101 Å². The molecule has 1 aliphatic heterocycles. The van der Waals surface area contributed by atoms with E-state index in [4.69, 9.17) is 0 Å². The highest BCUT2D eigenvalue weighted by Gasteiger charge is 2.28. The maximum atomic E-state index is 12.4. The Kier molecular flexibility index (Phi) is 4.60. The van der Waals surface area contributed by atoms with Crippen molar-refractivity contribution in [3.05, 3.63) is 33.9 Å². The van der Waals surface area contributed by atoms with Crippen LogP contribution in [0.15, 0.2) is 23.1 Å². The first-order valence-electron chi connectivity index (χ1n) is 6.79. The summed E-state index contributed by atoms with van der Waals surface area (Å²) in [7, 11) is -3.67. The fraction of sp³-hybridized carbons (Fsp3) is 0.538. The quantitative estimate of drug-likeness (QED) is 0.642. The predicted octanol–water partition coefficient (Wildman–Crippen LogP) is 1.18. The summed E-state index contributed by atoms with van der Waals surface area (Å²) < 4.78 is 27.6. The van der Waals surface area contributed by atoms with Crippen molar-refractivity contribution in [2.45, 2.75) is 31.2 Å². The molecule has 2 N–H and O–H groups in total. The normalized spacial score (nSPS) is 23.0. The third kappa shape index (κ3) is 3.58. The van der Waals surface area contributed by atoms with Gasteiger partial charge in [0.15, 0.2) is 0 Å². The molecule has 21 heavy (non-hydrogen) atoms. The van der Waals surface area contributed by atoms with Gasteiger partial charge in [0.2, 0.25) is 10.0 Å². The molecule has 0 aliphatic carbocycles. The molecule has 0 aromatic heterocycles. The third-order valence-electron chi connectivity index (χ3n) is 3.75. The van der Waals surface area contributed by atoms with Gasteiger partial charge in [-0.15, -0.1) is 0 Å². The van der Waals surface area contributed by atoms with Gasteiger partial charge in [0.05, 0.1) is 9.82 Å². The molecule has 7 nitrogen and oxygen atoms in total. The Morgan fingerprint density at radius 1 is 1.43 bits per heavy atom. The van der Waals surface area contributed by atoms with Crippen LogP contribution in [-0.4, -0.2) is 32.5 Å². The second-order valence-corrected chi connectivity index (χ2v) is 7.09. The summed E-state index contributed by atoms with van der Waals surface area (Å²) in [6, 6.07) is 3.67. The van der Waals surface area contributed by atoms with Crippen LogP contribution in [0.1, 0.15) is 18.9 Å². The first-order chi connectivity index (χ1) is 9.81. The van der Waals surface area contributed by atoms with Crippen molar-refractivity contribution in [1.29, 1.82) is 0 Å². The predicted molar refractivity (Wildman–Crippen MR) is 78.6 cm³/mol. The highest BCUT2D eigenvalue weighted by Crippen LogP contribution is 2.22. The number of hydrogen-bond acceptors (Lipinski definition) is 5. The smallest absolute Gasteiger partial charge is 0.269 e. The van der Waals surface area contributed by atoms with E-state index in [0.717, 1.165) is 19.5 Å². The summed E-state index contributed by atoms with van der Waals surface area (Å²) in [5, 5.41) is 13.9. The van der Waals surface area contributed by atoms with Crippen LogP contribution in [0.5, 0.6) is 0 Å². The molecule has 1 fully saturated rings. The van der Waals surface area contributed by atoms with Crippen LogP contribution in [0.4, 0.5) is 5.69 Å². The van der Waals surface area contributed by atoms with Crippen molar-refractivity contribution >= 4 is 15.7 Å². The Bertz CT molecular complexity index is 645. The van der Waals surface area contributed by atoms with Crippen molar-refractivity contribution in [2.75, 3.05) is 13.1 Å². The number of nitrogens with zero attached hydrogens (tertiary/aromatic N) is 1. The zero-order valence-electron chi connectivity index (χ0n) is 12.0. The van der Waals surface area contributed by atoms with Crippen molar-refractivity contribution in [1.82, 2.24) is 10.0 Å². The van der Waals surface area contributed by atoms with Crippen molar-refractivity contribution in [3.8, 4) is 0 Å². The van der Waals surface area contributed by atoms with E-state index < -0.39 is 14.9 Å². The molecule has 0 amide bonds. The highest BCUT2D eigenvalue weighted by atomic mass is 32.2. The molecule has 1 heterocycles. The van der Waals surface area contributed by atoms with Crippen LogP contribution in [-0.2, 0) is 10.0 Å². The monoisotopic (exact) mass is 313 g/mol. The zero-order valence-corrected chi connectivity index (χ0v) is 12.8. The van der Waals surface area contributed by atoms with Crippen molar-refractivity contribution in [3.63, 3.8) is 0 Å². The number of non-ortho nitro benzene ring substituents is 1. The molecule has 1 aromatic carbocycles. The number of aryl methyl sites for hydroxylation is 1. The minimum atomic E-state index is -3.67. The maximum absolute atomic E-state index is 12.4. The average molecular weight is 313 g/mol. The van der Waals surface area contributed by atoms with E-state index in [9.17, 15) is 18.5 Å². The molecule has 1 aromatic rings. The van der Waals surface area contributed by atoms with Crippen LogP contribution in [0.3, 0.4) is 0 Å². The minimum absolute atomic E-state index is 0.0961. The Balaban J connectivity index is 2.25. The lowest BCUT2D eigenvalue weighted by molar-refractivity contribution is -0.385. The molecule has 8 heteroatoms. The second kappa shape index (κ2) is 6.08. The Labute approximate surface area is 123 Å². The second-order valence-electron chi connectivity index (χ2n) is 5.40. The fourth-order valence-corrected chi connectivity index (χ4v) is 4.11. The number of nitro groups is 1. The number of benzene rings is 1. The van der Waals surface area contributed by atoms with E-state index in [1.165, 1.54) is 18.2 Å². The Morgan fingerprint density at radius 2 is 2.14 bits per heavy atom. The fourth-order valence-electron chi connectivity index (χ4n) is 2.50. The van der Waals surface area contributed by atoms with E-state index in [0.29, 0.717) is 5.56 Å². The molecular formula is C13H19N3O4S. The number of sulfonamides is 1. The first-order valence-corrected chi connectivity index (χ1v) is 8.27. The standard InChI is InChI=1S/C13H19N3O4S/c1-9-7-11(16(17)18)3-4-13(9)21(19,20)15-12-5-6-14-8-10(12)2/h3-4,7,10,12,14-15H,5-6,8H2,1-2H3. The lowest BCUT2D eigenvalue weighted by atomic mass is 9.97.